The molecule has 3 rings (SSSR count). The van der Waals surface area contributed by atoms with Crippen LogP contribution in [0.4, 0.5) is 0 Å². The third kappa shape index (κ3) is 2.45. The fourth-order valence-electron chi connectivity index (χ4n) is 2.55. The van der Waals surface area contributed by atoms with Crippen molar-refractivity contribution in [3.05, 3.63) is 21.9 Å². The maximum Gasteiger partial charge on any atom is 0.157 e. The van der Waals surface area contributed by atoms with E-state index < -0.39 is 0 Å². The number of amidine groups is 1. The second-order valence-electron chi connectivity index (χ2n) is 5.36. The molecule has 98 valence electrons. The topological polar surface area (TPSA) is 24.4 Å². The summed E-state index contributed by atoms with van der Waals surface area (Å²) in [6, 6.07) is 3.22. The summed E-state index contributed by atoms with van der Waals surface area (Å²) >= 11 is 3.78. The van der Waals surface area contributed by atoms with Gasteiger partial charge in [0.2, 0.25) is 0 Å². The van der Waals surface area contributed by atoms with Crippen LogP contribution in [-0.2, 0) is 6.42 Å². The molecule has 0 radical (unpaired) electrons. The number of aryl methyl sites for hydroxylation is 1. The normalized spacial score (nSPS) is 34.1. The van der Waals surface area contributed by atoms with Gasteiger partial charge < -0.3 is 5.32 Å². The van der Waals surface area contributed by atoms with Crippen molar-refractivity contribution in [2.24, 2.45) is 10.9 Å². The number of fused-ring (bicyclic) bond motifs is 1. The summed E-state index contributed by atoms with van der Waals surface area (Å²) in [4.78, 5) is 6.52. The van der Waals surface area contributed by atoms with Crippen molar-refractivity contribution in [1.29, 1.82) is 0 Å². The van der Waals surface area contributed by atoms with Crippen LogP contribution in [-0.4, -0.2) is 17.0 Å². The molecule has 1 aromatic heterocycles. The van der Waals surface area contributed by atoms with E-state index in [1.807, 2.05) is 23.1 Å². The average molecular weight is 280 g/mol. The van der Waals surface area contributed by atoms with Crippen LogP contribution < -0.4 is 5.32 Å². The third-order valence-electron chi connectivity index (χ3n) is 3.98. The van der Waals surface area contributed by atoms with Crippen molar-refractivity contribution in [3.8, 4) is 0 Å². The fraction of sp³-hybridized carbons (Fsp3) is 0.643. The molecule has 2 nitrogen and oxygen atoms in total. The van der Waals surface area contributed by atoms with Crippen LogP contribution >= 0.6 is 23.1 Å². The van der Waals surface area contributed by atoms with Crippen LogP contribution in [0.5, 0.6) is 0 Å². The van der Waals surface area contributed by atoms with Gasteiger partial charge in [0.15, 0.2) is 5.17 Å². The molecule has 18 heavy (non-hydrogen) atoms. The standard InChI is InChI=1S/C14H20N2S2/c1-9-8-18-14(15-10(9)2)16-12-4-3-5-13-11(12)6-7-17-13/h6-7,9-10,12H,3-5,8H2,1-2H3,(H,15,16). The highest BCUT2D eigenvalue weighted by atomic mass is 32.2. The first-order chi connectivity index (χ1) is 8.74. The minimum absolute atomic E-state index is 0.399. The fourth-order valence-corrected chi connectivity index (χ4v) is 4.71. The molecule has 1 aliphatic carbocycles. The molecule has 0 bridgehead atoms. The number of nitrogens with zero attached hydrogens (tertiary/aromatic N) is 1. The minimum atomic E-state index is 0.399. The molecule has 3 atom stereocenters. The van der Waals surface area contributed by atoms with Crippen LogP contribution in [0.3, 0.4) is 0 Å². The lowest BCUT2D eigenvalue weighted by Crippen LogP contribution is -2.41. The van der Waals surface area contributed by atoms with E-state index in [9.17, 15) is 0 Å². The molecule has 1 fully saturated rings. The zero-order valence-electron chi connectivity index (χ0n) is 11.0. The van der Waals surface area contributed by atoms with Crippen LogP contribution in [0.1, 0.15) is 43.2 Å². The van der Waals surface area contributed by atoms with E-state index in [1.54, 1.807) is 4.88 Å². The molecular weight excluding hydrogens is 260 g/mol. The number of thioether (sulfide) groups is 1. The molecule has 0 saturated carbocycles. The zero-order valence-corrected chi connectivity index (χ0v) is 12.6. The Labute approximate surface area is 117 Å². The van der Waals surface area contributed by atoms with Gasteiger partial charge in [-0.25, -0.2) is 0 Å². The monoisotopic (exact) mass is 280 g/mol. The second-order valence-corrected chi connectivity index (χ2v) is 7.37. The molecule has 3 unspecified atom stereocenters. The van der Waals surface area contributed by atoms with Crippen molar-refractivity contribution in [2.45, 2.75) is 45.2 Å². The summed E-state index contributed by atoms with van der Waals surface area (Å²) in [6.07, 6.45) is 3.74. The maximum absolute atomic E-state index is 4.97. The van der Waals surface area contributed by atoms with E-state index in [0.717, 1.165) is 11.1 Å². The van der Waals surface area contributed by atoms with Gasteiger partial charge in [-0.05, 0) is 49.1 Å². The first-order valence-corrected chi connectivity index (χ1v) is 8.64. The van der Waals surface area contributed by atoms with E-state index in [-0.39, 0.29) is 0 Å². The van der Waals surface area contributed by atoms with Gasteiger partial charge in [0, 0.05) is 16.7 Å². The Morgan fingerprint density at radius 1 is 1.39 bits per heavy atom. The molecule has 1 aliphatic heterocycles. The Kier molecular flexibility index (Phi) is 3.66. The highest BCUT2D eigenvalue weighted by Crippen LogP contribution is 2.36. The van der Waals surface area contributed by atoms with Crippen LogP contribution in [0, 0.1) is 5.92 Å². The molecule has 1 saturated heterocycles. The number of thiophene rings is 1. The van der Waals surface area contributed by atoms with Gasteiger partial charge in [0.25, 0.3) is 0 Å². The van der Waals surface area contributed by atoms with Crippen LogP contribution in [0.2, 0.25) is 0 Å². The van der Waals surface area contributed by atoms with Gasteiger partial charge in [-0.2, -0.15) is 0 Å². The van der Waals surface area contributed by atoms with Gasteiger partial charge in [-0.1, -0.05) is 18.7 Å². The number of hydrogen-bond acceptors (Lipinski definition) is 3. The highest BCUT2D eigenvalue weighted by Gasteiger charge is 2.24. The molecular formula is C14H20N2S2. The van der Waals surface area contributed by atoms with Crippen molar-refractivity contribution in [2.75, 3.05) is 5.75 Å². The van der Waals surface area contributed by atoms with E-state index in [4.69, 9.17) is 4.99 Å². The largest absolute Gasteiger partial charge is 0.362 e. The Balaban J connectivity index is 1.78. The Bertz CT molecular complexity index is 452. The summed E-state index contributed by atoms with van der Waals surface area (Å²) in [6.45, 7) is 4.57. The zero-order chi connectivity index (χ0) is 12.5. The van der Waals surface area contributed by atoms with Crippen molar-refractivity contribution in [1.82, 2.24) is 5.32 Å². The number of aliphatic imine (C=N–C) groups is 1. The molecule has 2 heterocycles. The quantitative estimate of drug-likeness (QED) is 0.845. The summed E-state index contributed by atoms with van der Waals surface area (Å²) in [5.74, 6) is 1.92. The lowest BCUT2D eigenvalue weighted by atomic mass is 9.95. The SMILES string of the molecule is CC1CSC(=NC2CCCc3sccc32)NC1C. The van der Waals surface area contributed by atoms with Gasteiger partial charge in [-0.3, -0.25) is 4.99 Å². The van der Waals surface area contributed by atoms with Gasteiger partial charge in [0.1, 0.15) is 0 Å². The smallest absolute Gasteiger partial charge is 0.157 e. The van der Waals surface area contributed by atoms with Crippen molar-refractivity contribution >= 4 is 28.3 Å². The molecule has 1 aromatic rings. The number of rotatable bonds is 1. The van der Waals surface area contributed by atoms with E-state index in [0.29, 0.717) is 12.1 Å². The summed E-state index contributed by atoms with van der Waals surface area (Å²) in [5.41, 5.74) is 1.48. The molecule has 0 amide bonds. The summed E-state index contributed by atoms with van der Waals surface area (Å²) in [7, 11) is 0. The molecule has 0 aromatic carbocycles. The van der Waals surface area contributed by atoms with Gasteiger partial charge in [-0.15, -0.1) is 11.3 Å². The van der Waals surface area contributed by atoms with E-state index in [2.05, 4.69) is 30.6 Å². The number of nitrogens with one attached hydrogen (secondary N) is 1. The minimum Gasteiger partial charge on any atom is -0.362 e. The first-order valence-electron chi connectivity index (χ1n) is 6.77. The lowest BCUT2D eigenvalue weighted by Gasteiger charge is -2.29. The summed E-state index contributed by atoms with van der Waals surface area (Å²) in [5, 5.41) is 6.93. The summed E-state index contributed by atoms with van der Waals surface area (Å²) < 4.78 is 0. The molecule has 1 N–H and O–H groups in total. The Hall–Kier alpha value is -0.480. The number of hydrogen-bond donors (Lipinski definition) is 1. The molecule has 0 spiro atoms. The van der Waals surface area contributed by atoms with Crippen molar-refractivity contribution < 1.29 is 0 Å². The maximum atomic E-state index is 4.97. The Morgan fingerprint density at radius 3 is 3.11 bits per heavy atom. The van der Waals surface area contributed by atoms with Crippen molar-refractivity contribution in [3.63, 3.8) is 0 Å². The average Bonchev–Trinajstić information content (AvgIpc) is 2.83. The van der Waals surface area contributed by atoms with Gasteiger partial charge >= 0.3 is 0 Å². The van der Waals surface area contributed by atoms with E-state index in [1.165, 1.54) is 30.6 Å². The predicted molar refractivity (Wildman–Crippen MR) is 81.7 cm³/mol. The Morgan fingerprint density at radius 2 is 2.28 bits per heavy atom. The van der Waals surface area contributed by atoms with Gasteiger partial charge in [0.05, 0.1) is 6.04 Å². The lowest BCUT2D eigenvalue weighted by molar-refractivity contribution is 0.486. The predicted octanol–water partition coefficient (Wildman–Crippen LogP) is 3.84. The third-order valence-corrected chi connectivity index (χ3v) is 6.17. The van der Waals surface area contributed by atoms with Crippen LogP contribution in [0.15, 0.2) is 16.4 Å². The van der Waals surface area contributed by atoms with E-state index >= 15 is 0 Å². The first kappa shape index (κ1) is 12.5. The molecule has 2 aliphatic rings. The molecule has 4 heteroatoms. The highest BCUT2D eigenvalue weighted by molar-refractivity contribution is 8.13. The second kappa shape index (κ2) is 5.25. The van der Waals surface area contributed by atoms with Crippen LogP contribution in [0.25, 0.3) is 0 Å².